The normalized spacial score (nSPS) is 22.8. The zero-order chi connectivity index (χ0) is 18.1. The van der Waals surface area contributed by atoms with E-state index in [9.17, 15) is 14.0 Å². The predicted molar refractivity (Wildman–Crippen MR) is 94.1 cm³/mol. The lowest BCUT2D eigenvalue weighted by Gasteiger charge is -2.39. The van der Waals surface area contributed by atoms with Gasteiger partial charge in [-0.15, -0.1) is 0 Å². The highest BCUT2D eigenvalue weighted by Gasteiger charge is 2.37. The first-order chi connectivity index (χ1) is 12.6. The molecule has 4 nitrogen and oxygen atoms in total. The van der Waals surface area contributed by atoms with E-state index in [1.165, 1.54) is 17.7 Å². The summed E-state index contributed by atoms with van der Waals surface area (Å²) in [7, 11) is 0. The van der Waals surface area contributed by atoms with E-state index in [0.717, 1.165) is 17.5 Å². The number of carbonyl (C=O) groups excluding carboxylic acids is 2. The van der Waals surface area contributed by atoms with Crippen LogP contribution in [0.25, 0.3) is 0 Å². The zero-order valence-electron chi connectivity index (χ0n) is 14.4. The van der Waals surface area contributed by atoms with Crippen LogP contribution >= 0.6 is 0 Å². The first-order valence-corrected chi connectivity index (χ1v) is 8.90. The highest BCUT2D eigenvalue weighted by Crippen LogP contribution is 2.36. The number of benzene rings is 2. The van der Waals surface area contributed by atoms with Gasteiger partial charge >= 0.3 is 0 Å². The number of halogens is 1. The van der Waals surface area contributed by atoms with Gasteiger partial charge in [0.05, 0.1) is 12.6 Å². The Kier molecular flexibility index (Phi) is 4.55. The molecule has 1 unspecified atom stereocenters. The molecule has 2 aliphatic heterocycles. The maximum Gasteiger partial charge on any atom is 0.252 e. The molecule has 2 aromatic carbocycles. The van der Waals surface area contributed by atoms with Gasteiger partial charge < -0.3 is 9.64 Å². The van der Waals surface area contributed by atoms with Crippen LogP contribution in [0.3, 0.4) is 0 Å². The molecular formula is C21H20FNO3. The van der Waals surface area contributed by atoms with E-state index in [1.54, 1.807) is 17.0 Å². The molecule has 26 heavy (non-hydrogen) atoms. The SMILES string of the molecule is O=C1CCOC(C(=O)N2CCc3ccccc3[C@@H]2c2ccc(F)cc2)C1. The van der Waals surface area contributed by atoms with Crippen LogP contribution in [0.2, 0.25) is 0 Å². The van der Waals surface area contributed by atoms with Gasteiger partial charge in [0.1, 0.15) is 17.7 Å². The number of fused-ring (bicyclic) bond motifs is 1. The molecule has 134 valence electrons. The quantitative estimate of drug-likeness (QED) is 0.834. The standard InChI is InChI=1S/C21H20FNO3/c22-16-7-5-15(6-8-16)20-18-4-2-1-3-14(18)9-11-23(20)21(25)19-13-17(24)10-12-26-19/h1-8,19-20H,9-13H2/t19?,20-/m0/s1. The Morgan fingerprint density at radius 2 is 1.85 bits per heavy atom. The number of Topliss-reactive ketones (excluding diaryl/α,β-unsaturated/α-hetero) is 1. The average Bonchev–Trinajstić information content (AvgIpc) is 2.67. The van der Waals surface area contributed by atoms with Crippen LogP contribution in [0.15, 0.2) is 48.5 Å². The number of ketones is 1. The number of carbonyl (C=O) groups is 2. The molecule has 0 bridgehead atoms. The van der Waals surface area contributed by atoms with Crippen molar-refractivity contribution < 1.29 is 18.7 Å². The van der Waals surface area contributed by atoms with E-state index in [-0.39, 0.29) is 30.0 Å². The highest BCUT2D eigenvalue weighted by atomic mass is 19.1. The van der Waals surface area contributed by atoms with Gasteiger partial charge in [0.25, 0.3) is 5.91 Å². The molecule has 0 aliphatic carbocycles. The largest absolute Gasteiger partial charge is 0.367 e. The number of nitrogens with zero attached hydrogens (tertiary/aromatic N) is 1. The number of rotatable bonds is 2. The fourth-order valence-electron chi connectivity index (χ4n) is 3.83. The Labute approximate surface area is 151 Å². The van der Waals surface area contributed by atoms with Gasteiger partial charge in [-0.2, -0.15) is 0 Å². The Hall–Kier alpha value is -2.53. The third kappa shape index (κ3) is 3.15. The number of ether oxygens (including phenoxy) is 1. The van der Waals surface area contributed by atoms with Crippen LogP contribution in [0.1, 0.15) is 35.6 Å². The van der Waals surface area contributed by atoms with Crippen molar-refractivity contribution in [3.63, 3.8) is 0 Å². The van der Waals surface area contributed by atoms with Crippen molar-refractivity contribution in [3.05, 3.63) is 71.0 Å². The molecule has 0 N–H and O–H groups in total. The molecule has 4 rings (SSSR count). The fourth-order valence-corrected chi connectivity index (χ4v) is 3.83. The Morgan fingerprint density at radius 3 is 2.62 bits per heavy atom. The second-order valence-corrected chi connectivity index (χ2v) is 6.79. The third-order valence-corrected chi connectivity index (χ3v) is 5.14. The minimum absolute atomic E-state index is 0.0605. The van der Waals surface area contributed by atoms with Crippen LogP contribution in [0, 0.1) is 5.82 Å². The summed E-state index contributed by atoms with van der Waals surface area (Å²) >= 11 is 0. The summed E-state index contributed by atoms with van der Waals surface area (Å²) in [4.78, 5) is 26.7. The maximum atomic E-state index is 13.4. The van der Waals surface area contributed by atoms with Crippen LogP contribution in [-0.4, -0.2) is 35.8 Å². The summed E-state index contributed by atoms with van der Waals surface area (Å²) < 4.78 is 19.0. The topological polar surface area (TPSA) is 46.6 Å². The molecule has 0 spiro atoms. The Bertz CT molecular complexity index is 833. The summed E-state index contributed by atoms with van der Waals surface area (Å²) in [5, 5.41) is 0. The van der Waals surface area contributed by atoms with Crippen LogP contribution < -0.4 is 0 Å². The molecule has 0 radical (unpaired) electrons. The molecule has 1 fully saturated rings. The summed E-state index contributed by atoms with van der Waals surface area (Å²) in [5.41, 5.74) is 3.08. The van der Waals surface area contributed by atoms with Gasteiger partial charge in [-0.05, 0) is 35.2 Å². The van der Waals surface area contributed by atoms with Gasteiger partial charge in [0.15, 0.2) is 0 Å². The molecule has 2 atom stereocenters. The summed E-state index contributed by atoms with van der Waals surface area (Å²) in [5.74, 6) is -0.413. The molecule has 0 aromatic heterocycles. The van der Waals surface area contributed by atoms with Crippen molar-refractivity contribution in [2.75, 3.05) is 13.2 Å². The lowest BCUT2D eigenvalue weighted by Crippen LogP contribution is -2.48. The molecule has 5 heteroatoms. The molecule has 2 heterocycles. The zero-order valence-corrected chi connectivity index (χ0v) is 14.4. The van der Waals surface area contributed by atoms with E-state index >= 15 is 0 Å². The van der Waals surface area contributed by atoms with Gasteiger partial charge in [-0.3, -0.25) is 9.59 Å². The molecular weight excluding hydrogens is 333 g/mol. The molecule has 1 saturated heterocycles. The van der Waals surface area contributed by atoms with Crippen molar-refractivity contribution in [1.29, 1.82) is 0 Å². The van der Waals surface area contributed by atoms with Crippen LogP contribution in [0.4, 0.5) is 4.39 Å². The molecule has 2 aliphatic rings. The van der Waals surface area contributed by atoms with Crippen molar-refractivity contribution in [2.24, 2.45) is 0 Å². The maximum absolute atomic E-state index is 13.4. The Balaban J connectivity index is 1.72. The van der Waals surface area contributed by atoms with Crippen LogP contribution in [0.5, 0.6) is 0 Å². The van der Waals surface area contributed by atoms with E-state index in [4.69, 9.17) is 4.74 Å². The lowest BCUT2D eigenvalue weighted by atomic mass is 9.87. The number of hydrogen-bond acceptors (Lipinski definition) is 3. The van der Waals surface area contributed by atoms with Gasteiger partial charge in [0, 0.05) is 19.4 Å². The number of hydrogen-bond donors (Lipinski definition) is 0. The molecule has 2 aromatic rings. The second kappa shape index (κ2) is 7.00. The summed E-state index contributed by atoms with van der Waals surface area (Å²) in [6.07, 6.45) is 0.533. The first kappa shape index (κ1) is 16.9. The highest BCUT2D eigenvalue weighted by molar-refractivity contribution is 5.90. The third-order valence-electron chi connectivity index (χ3n) is 5.14. The molecule has 1 amide bonds. The van der Waals surface area contributed by atoms with Crippen molar-refractivity contribution in [3.8, 4) is 0 Å². The Morgan fingerprint density at radius 1 is 1.08 bits per heavy atom. The van der Waals surface area contributed by atoms with E-state index in [1.807, 2.05) is 18.2 Å². The second-order valence-electron chi connectivity index (χ2n) is 6.79. The minimum atomic E-state index is -0.718. The van der Waals surface area contributed by atoms with Gasteiger partial charge in [-0.1, -0.05) is 36.4 Å². The van der Waals surface area contributed by atoms with E-state index < -0.39 is 6.10 Å². The average molecular weight is 353 g/mol. The minimum Gasteiger partial charge on any atom is -0.367 e. The van der Waals surface area contributed by atoms with E-state index in [0.29, 0.717) is 19.6 Å². The smallest absolute Gasteiger partial charge is 0.252 e. The van der Waals surface area contributed by atoms with Crippen molar-refractivity contribution in [1.82, 2.24) is 4.90 Å². The van der Waals surface area contributed by atoms with Gasteiger partial charge in [-0.25, -0.2) is 4.39 Å². The first-order valence-electron chi connectivity index (χ1n) is 8.90. The lowest BCUT2D eigenvalue weighted by molar-refractivity contribution is -0.153. The molecule has 0 saturated carbocycles. The summed E-state index contributed by atoms with van der Waals surface area (Å²) in [6, 6.07) is 14.0. The fraction of sp³-hybridized carbons (Fsp3) is 0.333. The van der Waals surface area contributed by atoms with Gasteiger partial charge in [0.2, 0.25) is 0 Å². The number of amides is 1. The van der Waals surface area contributed by atoms with Crippen molar-refractivity contribution in [2.45, 2.75) is 31.4 Å². The summed E-state index contributed by atoms with van der Waals surface area (Å²) in [6.45, 7) is 0.840. The van der Waals surface area contributed by atoms with E-state index in [2.05, 4.69) is 6.07 Å². The van der Waals surface area contributed by atoms with Crippen molar-refractivity contribution >= 4 is 11.7 Å². The van der Waals surface area contributed by atoms with Crippen LogP contribution in [-0.2, 0) is 20.7 Å². The predicted octanol–water partition coefficient (Wildman–Crippen LogP) is 3.05. The monoisotopic (exact) mass is 353 g/mol.